The summed E-state index contributed by atoms with van der Waals surface area (Å²) in [5.41, 5.74) is 3.37. The minimum absolute atomic E-state index is 0.0475. The third-order valence-electron chi connectivity index (χ3n) is 12.6. The number of likely N-dealkylation sites (tertiary alicyclic amines) is 1. The van der Waals surface area contributed by atoms with Gasteiger partial charge in [0.25, 0.3) is 11.5 Å². The standard InChI is InChI=1S/C44H53N9O6/c1-26(2)59-38-22-36-29(20-34(38)42(55)45-35-6-5-17-51(43(35)56)30-12-13-30)24-53(47-36)31-10-7-27(8-11-31)23-50-18-15-32(39(25-50)58-4)28-9-14-33-37(21-28)49(3)48-41(33)52-19-16-40(54)46-44(52)57/h5-6,9,14,17,20-22,24,26-27,30-32,39H,7-8,10-13,15-16,18-19,23,25H2,1-4H3,(H,45,55)(H,46,54,57)/t27-,31-,32-,39-/m0/s1. The van der Waals surface area contributed by atoms with E-state index >= 15 is 0 Å². The van der Waals surface area contributed by atoms with Crippen molar-refractivity contribution in [1.29, 1.82) is 0 Å². The van der Waals surface area contributed by atoms with Crippen molar-refractivity contribution >= 4 is 51.2 Å². The van der Waals surface area contributed by atoms with Crippen LogP contribution in [0.2, 0.25) is 0 Å². The smallest absolute Gasteiger partial charge is 0.329 e. The fraction of sp³-hybridized carbons (Fsp3) is 0.500. The molecule has 2 aliphatic heterocycles. The van der Waals surface area contributed by atoms with Gasteiger partial charge in [-0.2, -0.15) is 10.2 Å². The number of piperidine rings is 1. The number of anilines is 2. The molecule has 2 saturated carbocycles. The van der Waals surface area contributed by atoms with Crippen molar-refractivity contribution in [2.75, 3.05) is 43.5 Å². The Kier molecular flexibility index (Phi) is 10.5. The Bertz CT molecular complexity index is 2480. The molecular weight excluding hydrogens is 751 g/mol. The van der Waals surface area contributed by atoms with Crippen LogP contribution in [0, 0.1) is 5.92 Å². The van der Waals surface area contributed by atoms with E-state index in [1.54, 1.807) is 34.9 Å². The average Bonchev–Trinajstić information content (AvgIpc) is 3.90. The zero-order valence-electron chi connectivity index (χ0n) is 34.2. The predicted molar refractivity (Wildman–Crippen MR) is 224 cm³/mol. The van der Waals surface area contributed by atoms with Gasteiger partial charge in [0.05, 0.1) is 34.8 Å². The van der Waals surface area contributed by atoms with Crippen molar-refractivity contribution in [3.63, 3.8) is 0 Å². The molecule has 15 nitrogen and oxygen atoms in total. The highest BCUT2D eigenvalue weighted by Gasteiger charge is 2.34. The van der Waals surface area contributed by atoms with E-state index < -0.39 is 6.03 Å². The van der Waals surface area contributed by atoms with Crippen molar-refractivity contribution in [3.05, 3.63) is 76.3 Å². The number of nitrogens with zero attached hydrogens (tertiary/aromatic N) is 7. The van der Waals surface area contributed by atoms with Crippen LogP contribution in [0.5, 0.6) is 5.75 Å². The first-order valence-electron chi connectivity index (χ1n) is 21.1. The summed E-state index contributed by atoms with van der Waals surface area (Å²) in [4.78, 5) is 55.2. The monoisotopic (exact) mass is 803 g/mol. The number of hydrogen-bond donors (Lipinski definition) is 2. The number of pyridine rings is 1. The van der Waals surface area contributed by atoms with Gasteiger partial charge in [-0.3, -0.25) is 34.0 Å². The number of hydrogen-bond acceptors (Lipinski definition) is 9. The number of urea groups is 1. The third-order valence-corrected chi connectivity index (χ3v) is 12.6. The van der Waals surface area contributed by atoms with Crippen LogP contribution in [0.1, 0.15) is 99.1 Å². The van der Waals surface area contributed by atoms with Gasteiger partial charge in [-0.05, 0) is 107 Å². The number of benzene rings is 2. The Balaban J connectivity index is 0.829. The number of amides is 4. The van der Waals surface area contributed by atoms with Crippen LogP contribution in [-0.2, 0) is 16.6 Å². The summed E-state index contributed by atoms with van der Waals surface area (Å²) in [5, 5.41) is 16.7. The summed E-state index contributed by atoms with van der Waals surface area (Å²) < 4.78 is 17.8. The Morgan fingerprint density at radius 2 is 1.76 bits per heavy atom. The van der Waals surface area contributed by atoms with E-state index in [-0.39, 0.29) is 59.7 Å². The van der Waals surface area contributed by atoms with E-state index in [9.17, 15) is 19.2 Å². The molecule has 4 amide bonds. The molecule has 2 N–H and O–H groups in total. The predicted octanol–water partition coefficient (Wildman–Crippen LogP) is 6.14. The SMILES string of the molecule is CO[C@H]1CN(C[C@H]2CC[C@H](n3cc4cc(C(=O)Nc5cccn(C6CC6)c5=O)c(OC(C)C)cc4n3)CC2)CC[C@H]1c1ccc2c(N3CCC(=O)NC3=O)nn(C)c2c1. The fourth-order valence-corrected chi connectivity index (χ4v) is 9.40. The number of fused-ring (bicyclic) bond motifs is 2. The normalized spacial score (nSPS) is 23.0. The van der Waals surface area contributed by atoms with Crippen LogP contribution < -0.4 is 25.8 Å². The van der Waals surface area contributed by atoms with Gasteiger partial charge in [0.1, 0.15) is 11.4 Å². The maximum Gasteiger partial charge on any atom is 0.329 e. The van der Waals surface area contributed by atoms with Gasteiger partial charge in [0, 0.05) is 81.4 Å². The second-order valence-corrected chi connectivity index (χ2v) is 17.1. The molecule has 2 atom stereocenters. The van der Waals surface area contributed by atoms with Crippen molar-refractivity contribution in [2.24, 2.45) is 13.0 Å². The number of carbonyl (C=O) groups is 3. The molecule has 310 valence electrons. The first-order valence-corrected chi connectivity index (χ1v) is 21.1. The van der Waals surface area contributed by atoms with Gasteiger partial charge in [0.15, 0.2) is 5.82 Å². The first kappa shape index (κ1) is 38.9. The van der Waals surface area contributed by atoms with E-state index in [0.29, 0.717) is 29.6 Å². The van der Waals surface area contributed by atoms with E-state index in [0.717, 1.165) is 86.4 Å². The molecular formula is C44H53N9O6. The third kappa shape index (κ3) is 7.85. The molecule has 4 fully saturated rings. The Morgan fingerprint density at radius 3 is 2.51 bits per heavy atom. The van der Waals surface area contributed by atoms with Gasteiger partial charge < -0.3 is 24.3 Å². The molecule has 3 aromatic heterocycles. The molecule has 5 heterocycles. The van der Waals surface area contributed by atoms with Crippen molar-refractivity contribution in [3.8, 4) is 5.75 Å². The highest BCUT2D eigenvalue weighted by molar-refractivity contribution is 6.09. The molecule has 2 saturated heterocycles. The summed E-state index contributed by atoms with van der Waals surface area (Å²) >= 11 is 0. The van der Waals surface area contributed by atoms with Crippen molar-refractivity contribution < 1.29 is 23.9 Å². The molecule has 59 heavy (non-hydrogen) atoms. The quantitative estimate of drug-likeness (QED) is 0.160. The molecule has 4 aliphatic rings. The number of aromatic nitrogens is 5. The van der Waals surface area contributed by atoms with E-state index in [2.05, 4.69) is 37.4 Å². The van der Waals surface area contributed by atoms with E-state index in [1.807, 2.05) is 50.0 Å². The molecule has 0 unspecified atom stereocenters. The van der Waals surface area contributed by atoms with Crippen molar-refractivity contribution in [2.45, 2.75) is 95.4 Å². The first-order chi connectivity index (χ1) is 28.5. The largest absolute Gasteiger partial charge is 0.490 e. The highest BCUT2D eigenvalue weighted by Crippen LogP contribution is 2.38. The number of nitrogens with one attached hydrogen (secondary N) is 2. The molecule has 9 rings (SSSR count). The summed E-state index contributed by atoms with van der Waals surface area (Å²) in [7, 11) is 3.69. The molecule has 2 aliphatic carbocycles. The second-order valence-electron chi connectivity index (χ2n) is 17.1. The number of methoxy groups -OCH3 is 1. The molecule has 2 aromatic carbocycles. The lowest BCUT2D eigenvalue weighted by Crippen LogP contribution is -2.49. The topological polar surface area (TPSA) is 158 Å². The Morgan fingerprint density at radius 1 is 0.966 bits per heavy atom. The average molecular weight is 804 g/mol. The van der Waals surface area contributed by atoms with E-state index in [1.165, 1.54) is 5.56 Å². The van der Waals surface area contributed by atoms with E-state index in [4.69, 9.17) is 14.6 Å². The number of aryl methyl sites for hydroxylation is 1. The lowest BCUT2D eigenvalue weighted by Gasteiger charge is -2.40. The maximum atomic E-state index is 13.7. The zero-order chi connectivity index (χ0) is 40.9. The fourth-order valence-electron chi connectivity index (χ4n) is 9.40. The number of imide groups is 1. The van der Waals surface area contributed by atoms with Crippen LogP contribution in [0.4, 0.5) is 16.3 Å². The second kappa shape index (κ2) is 15.9. The van der Waals surface area contributed by atoms with Gasteiger partial charge in [-0.1, -0.05) is 6.07 Å². The molecule has 15 heteroatoms. The van der Waals surface area contributed by atoms with Gasteiger partial charge in [0.2, 0.25) is 5.91 Å². The number of ether oxygens (including phenoxy) is 2. The Labute approximate surface area is 342 Å². The minimum Gasteiger partial charge on any atom is -0.490 e. The van der Waals surface area contributed by atoms with Crippen LogP contribution in [0.25, 0.3) is 21.8 Å². The number of rotatable bonds is 11. The summed E-state index contributed by atoms with van der Waals surface area (Å²) in [6, 6.07) is 13.5. The summed E-state index contributed by atoms with van der Waals surface area (Å²) in [5.74, 6) is 1.19. The Hall–Kier alpha value is -5.54. The molecule has 0 spiro atoms. The summed E-state index contributed by atoms with van der Waals surface area (Å²) in [6.07, 6.45) is 11.2. The lowest BCUT2D eigenvalue weighted by molar-refractivity contribution is -0.120. The zero-order valence-corrected chi connectivity index (χ0v) is 34.2. The molecule has 0 bridgehead atoms. The van der Waals surface area contributed by atoms with Crippen LogP contribution in [0.15, 0.2) is 59.7 Å². The summed E-state index contributed by atoms with van der Waals surface area (Å²) in [6.45, 7) is 7.05. The number of carbonyl (C=O) groups excluding carboxylic acids is 3. The van der Waals surface area contributed by atoms with Crippen LogP contribution in [0.3, 0.4) is 0 Å². The maximum absolute atomic E-state index is 13.7. The minimum atomic E-state index is -0.435. The molecule has 0 radical (unpaired) electrons. The molecule has 5 aromatic rings. The van der Waals surface area contributed by atoms with Gasteiger partial charge in [-0.25, -0.2) is 4.79 Å². The van der Waals surface area contributed by atoms with Gasteiger partial charge in [-0.15, -0.1) is 0 Å². The highest BCUT2D eigenvalue weighted by atomic mass is 16.5. The van der Waals surface area contributed by atoms with Gasteiger partial charge >= 0.3 is 6.03 Å². The van der Waals surface area contributed by atoms with Crippen molar-refractivity contribution in [1.82, 2.24) is 34.3 Å². The van der Waals surface area contributed by atoms with Crippen LogP contribution >= 0.6 is 0 Å². The lowest BCUT2D eigenvalue weighted by atomic mass is 9.83. The van der Waals surface area contributed by atoms with Crippen LogP contribution in [-0.4, -0.2) is 92.4 Å².